The first-order valence-corrected chi connectivity index (χ1v) is 10.5. The van der Waals surface area contributed by atoms with Crippen molar-refractivity contribution in [3.8, 4) is 5.75 Å². The summed E-state index contributed by atoms with van der Waals surface area (Å²) in [5, 5.41) is 2.83. The summed E-state index contributed by atoms with van der Waals surface area (Å²) in [6, 6.07) is 20.3. The summed E-state index contributed by atoms with van der Waals surface area (Å²) >= 11 is 0. The third-order valence-electron chi connectivity index (χ3n) is 5.42. The standard InChI is InChI=1S/C25H25N3O3/c29-24(21-7-5-13-26-17-21)27-22-8-4-6-20(16-22)25(30)28-14-11-19(12-15-28)18-31-23-9-2-1-3-10-23/h1-10,13,16-17,19H,11-12,14-15,18H2,(H,27,29). The van der Waals surface area contributed by atoms with E-state index < -0.39 is 0 Å². The molecule has 158 valence electrons. The van der Waals surface area contributed by atoms with E-state index in [4.69, 9.17) is 4.74 Å². The molecule has 2 heterocycles. The van der Waals surface area contributed by atoms with Crippen molar-refractivity contribution in [2.75, 3.05) is 25.0 Å². The second-order valence-corrected chi connectivity index (χ2v) is 7.64. The van der Waals surface area contributed by atoms with Gasteiger partial charge in [-0.3, -0.25) is 14.6 Å². The number of hydrogen-bond acceptors (Lipinski definition) is 4. The van der Waals surface area contributed by atoms with Crippen LogP contribution in [-0.2, 0) is 0 Å². The third kappa shape index (κ3) is 5.48. The summed E-state index contributed by atoms with van der Waals surface area (Å²) in [5.41, 5.74) is 1.63. The van der Waals surface area contributed by atoms with Gasteiger partial charge < -0.3 is 15.0 Å². The van der Waals surface area contributed by atoms with Crippen molar-refractivity contribution in [3.05, 3.63) is 90.3 Å². The average molecular weight is 415 g/mol. The predicted octanol–water partition coefficient (Wildman–Crippen LogP) is 4.27. The van der Waals surface area contributed by atoms with E-state index in [1.807, 2.05) is 35.2 Å². The Morgan fingerprint density at radius 3 is 2.48 bits per heavy atom. The summed E-state index contributed by atoms with van der Waals surface area (Å²) in [6.45, 7) is 2.07. The largest absolute Gasteiger partial charge is 0.493 e. The fraction of sp³-hybridized carbons (Fsp3) is 0.240. The van der Waals surface area contributed by atoms with E-state index in [9.17, 15) is 9.59 Å². The van der Waals surface area contributed by atoms with Gasteiger partial charge >= 0.3 is 0 Å². The number of piperidine rings is 1. The van der Waals surface area contributed by atoms with Gasteiger partial charge in [-0.15, -0.1) is 0 Å². The van der Waals surface area contributed by atoms with Crippen molar-refractivity contribution < 1.29 is 14.3 Å². The fourth-order valence-electron chi connectivity index (χ4n) is 3.65. The summed E-state index contributed by atoms with van der Waals surface area (Å²) < 4.78 is 5.87. The number of carbonyl (C=O) groups excluding carboxylic acids is 2. The second-order valence-electron chi connectivity index (χ2n) is 7.64. The van der Waals surface area contributed by atoms with Crippen LogP contribution in [0.2, 0.25) is 0 Å². The van der Waals surface area contributed by atoms with Crippen molar-refractivity contribution >= 4 is 17.5 Å². The topological polar surface area (TPSA) is 71.5 Å². The van der Waals surface area contributed by atoms with Gasteiger partial charge in [0.1, 0.15) is 5.75 Å². The zero-order valence-electron chi connectivity index (χ0n) is 17.2. The first-order chi connectivity index (χ1) is 15.2. The Balaban J connectivity index is 1.31. The van der Waals surface area contributed by atoms with Crippen LogP contribution in [0.25, 0.3) is 0 Å². The number of anilines is 1. The van der Waals surface area contributed by atoms with Gasteiger partial charge in [-0.25, -0.2) is 0 Å². The Morgan fingerprint density at radius 2 is 1.74 bits per heavy atom. The van der Waals surface area contributed by atoms with Crippen LogP contribution in [0.1, 0.15) is 33.6 Å². The van der Waals surface area contributed by atoms with E-state index in [-0.39, 0.29) is 11.8 Å². The molecule has 1 aromatic heterocycles. The normalized spacial score (nSPS) is 14.1. The van der Waals surface area contributed by atoms with Crippen LogP contribution < -0.4 is 10.1 Å². The molecule has 0 radical (unpaired) electrons. The number of nitrogens with zero attached hydrogens (tertiary/aromatic N) is 2. The highest BCUT2D eigenvalue weighted by molar-refractivity contribution is 6.04. The molecule has 0 spiro atoms. The van der Waals surface area contributed by atoms with E-state index >= 15 is 0 Å². The lowest BCUT2D eigenvalue weighted by Gasteiger charge is -2.32. The number of amides is 2. The maximum absolute atomic E-state index is 13.0. The van der Waals surface area contributed by atoms with Gasteiger partial charge in [-0.05, 0) is 61.2 Å². The molecule has 31 heavy (non-hydrogen) atoms. The Kier molecular flexibility index (Phi) is 6.57. The van der Waals surface area contributed by atoms with E-state index in [1.54, 1.807) is 42.6 Å². The van der Waals surface area contributed by atoms with Crippen molar-refractivity contribution in [2.24, 2.45) is 5.92 Å². The summed E-state index contributed by atoms with van der Waals surface area (Å²) in [4.78, 5) is 31.1. The summed E-state index contributed by atoms with van der Waals surface area (Å²) in [5.74, 6) is 1.05. The van der Waals surface area contributed by atoms with E-state index in [0.717, 1.165) is 18.6 Å². The van der Waals surface area contributed by atoms with E-state index in [2.05, 4.69) is 10.3 Å². The number of carbonyl (C=O) groups is 2. The predicted molar refractivity (Wildman–Crippen MR) is 119 cm³/mol. The Hall–Kier alpha value is -3.67. The number of aromatic nitrogens is 1. The molecule has 0 aliphatic carbocycles. The number of benzene rings is 2. The van der Waals surface area contributed by atoms with Crippen LogP contribution in [0.5, 0.6) is 5.75 Å². The molecule has 6 nitrogen and oxygen atoms in total. The first-order valence-electron chi connectivity index (χ1n) is 10.5. The number of nitrogens with one attached hydrogen (secondary N) is 1. The van der Waals surface area contributed by atoms with Gasteiger partial charge in [-0.2, -0.15) is 0 Å². The lowest BCUT2D eigenvalue weighted by molar-refractivity contribution is 0.0661. The molecule has 1 aliphatic rings. The lowest BCUT2D eigenvalue weighted by atomic mass is 9.97. The van der Waals surface area contributed by atoms with Crippen LogP contribution in [0.4, 0.5) is 5.69 Å². The molecule has 0 saturated carbocycles. The Bertz CT molecular complexity index is 1020. The number of pyridine rings is 1. The Labute approximate surface area is 181 Å². The molecule has 1 N–H and O–H groups in total. The van der Waals surface area contributed by atoms with Gasteiger partial charge in [0.15, 0.2) is 0 Å². The number of rotatable bonds is 6. The zero-order chi connectivity index (χ0) is 21.5. The Morgan fingerprint density at radius 1 is 0.968 bits per heavy atom. The van der Waals surface area contributed by atoms with E-state index in [0.29, 0.717) is 42.4 Å². The van der Waals surface area contributed by atoms with Crippen LogP contribution in [0, 0.1) is 5.92 Å². The fourth-order valence-corrected chi connectivity index (χ4v) is 3.65. The van der Waals surface area contributed by atoms with Crippen LogP contribution in [-0.4, -0.2) is 41.4 Å². The molecule has 0 unspecified atom stereocenters. The molecule has 2 aromatic carbocycles. The smallest absolute Gasteiger partial charge is 0.257 e. The number of hydrogen-bond donors (Lipinski definition) is 1. The minimum absolute atomic E-state index is 0.0140. The van der Waals surface area contributed by atoms with Crippen molar-refractivity contribution in [3.63, 3.8) is 0 Å². The van der Waals surface area contributed by atoms with Crippen LogP contribution in [0.15, 0.2) is 79.1 Å². The molecule has 0 bridgehead atoms. The van der Waals surface area contributed by atoms with Gasteiger partial charge in [0.05, 0.1) is 12.2 Å². The molecule has 1 aliphatic heterocycles. The number of likely N-dealkylation sites (tertiary alicyclic amines) is 1. The van der Waals surface area contributed by atoms with Gasteiger partial charge in [-0.1, -0.05) is 24.3 Å². The van der Waals surface area contributed by atoms with Crippen LogP contribution in [0.3, 0.4) is 0 Å². The highest BCUT2D eigenvalue weighted by atomic mass is 16.5. The van der Waals surface area contributed by atoms with E-state index in [1.165, 1.54) is 6.20 Å². The molecular formula is C25H25N3O3. The number of ether oxygens (including phenoxy) is 1. The molecule has 2 amide bonds. The quantitative estimate of drug-likeness (QED) is 0.653. The molecule has 3 aromatic rings. The molecule has 4 rings (SSSR count). The minimum Gasteiger partial charge on any atom is -0.493 e. The summed E-state index contributed by atoms with van der Waals surface area (Å²) in [6.07, 6.45) is 4.95. The maximum Gasteiger partial charge on any atom is 0.257 e. The van der Waals surface area contributed by atoms with Gasteiger partial charge in [0, 0.05) is 36.7 Å². The highest BCUT2D eigenvalue weighted by Crippen LogP contribution is 2.22. The third-order valence-corrected chi connectivity index (χ3v) is 5.42. The van der Waals surface area contributed by atoms with Crippen molar-refractivity contribution in [1.29, 1.82) is 0 Å². The van der Waals surface area contributed by atoms with Gasteiger partial charge in [0.25, 0.3) is 11.8 Å². The highest BCUT2D eigenvalue weighted by Gasteiger charge is 2.24. The van der Waals surface area contributed by atoms with Crippen molar-refractivity contribution in [1.82, 2.24) is 9.88 Å². The SMILES string of the molecule is O=C(Nc1cccc(C(=O)N2CCC(COc3ccccc3)CC2)c1)c1cccnc1. The summed E-state index contributed by atoms with van der Waals surface area (Å²) in [7, 11) is 0. The van der Waals surface area contributed by atoms with Gasteiger partial charge in [0.2, 0.25) is 0 Å². The average Bonchev–Trinajstić information content (AvgIpc) is 2.84. The molecule has 6 heteroatoms. The lowest BCUT2D eigenvalue weighted by Crippen LogP contribution is -2.39. The van der Waals surface area contributed by atoms with Crippen LogP contribution >= 0.6 is 0 Å². The molecule has 0 atom stereocenters. The maximum atomic E-state index is 13.0. The minimum atomic E-state index is -0.253. The second kappa shape index (κ2) is 9.89. The number of para-hydroxylation sites is 1. The van der Waals surface area contributed by atoms with Crippen molar-refractivity contribution in [2.45, 2.75) is 12.8 Å². The zero-order valence-corrected chi connectivity index (χ0v) is 17.2. The molecule has 1 fully saturated rings. The molecule has 1 saturated heterocycles. The monoisotopic (exact) mass is 415 g/mol. The molecular weight excluding hydrogens is 390 g/mol. The first kappa shape index (κ1) is 20.6.